The second-order valence-corrected chi connectivity index (χ2v) is 10.0. The van der Waals surface area contributed by atoms with Gasteiger partial charge in [-0.15, -0.1) is 0 Å². The molecule has 0 unspecified atom stereocenters. The Morgan fingerprint density at radius 2 is 1.50 bits per heavy atom. The summed E-state index contributed by atoms with van der Waals surface area (Å²) < 4.78 is 6.09. The molecule has 0 bridgehead atoms. The van der Waals surface area contributed by atoms with Gasteiger partial charge in [0.05, 0.1) is 5.70 Å². The zero-order valence-corrected chi connectivity index (χ0v) is 19.2. The predicted octanol–water partition coefficient (Wildman–Crippen LogP) is 6.42. The lowest BCUT2D eigenvalue weighted by Crippen LogP contribution is -2.37. The first-order chi connectivity index (χ1) is 16.4. The first-order valence-corrected chi connectivity index (χ1v) is 11.7. The minimum Gasteiger partial charge on any atom is -0.457 e. The summed E-state index contributed by atoms with van der Waals surface area (Å²) in [6, 6.07) is 25.1. The zero-order valence-electron chi connectivity index (χ0n) is 19.2. The van der Waals surface area contributed by atoms with Crippen LogP contribution in [-0.2, 0) is 4.79 Å². The zero-order chi connectivity index (χ0) is 23.4. The minimum absolute atomic E-state index is 0.0123. The van der Waals surface area contributed by atoms with Crippen LogP contribution >= 0.6 is 0 Å². The number of nitrogens with one attached hydrogen (secondary N) is 1. The lowest BCUT2D eigenvalue weighted by atomic mass is 9.68. The smallest absolute Gasteiger partial charge is 0.192 e. The van der Waals surface area contributed by atoms with E-state index in [0.717, 1.165) is 40.3 Å². The number of ketones is 2. The molecule has 0 saturated carbocycles. The van der Waals surface area contributed by atoms with Crippen LogP contribution in [0.3, 0.4) is 0 Å². The average Bonchev–Trinajstić information content (AvgIpc) is 3.10. The number of dihydropyridines is 1. The van der Waals surface area contributed by atoms with E-state index in [-0.39, 0.29) is 17.0 Å². The van der Waals surface area contributed by atoms with E-state index in [2.05, 4.69) is 19.2 Å². The van der Waals surface area contributed by atoms with E-state index in [1.807, 2.05) is 78.9 Å². The Bertz CT molecular complexity index is 1410. The van der Waals surface area contributed by atoms with Crippen molar-refractivity contribution in [2.45, 2.75) is 32.6 Å². The average molecular weight is 448 g/mol. The third kappa shape index (κ3) is 3.29. The van der Waals surface area contributed by atoms with Gasteiger partial charge in [0.2, 0.25) is 0 Å². The van der Waals surface area contributed by atoms with Gasteiger partial charge in [0.25, 0.3) is 0 Å². The lowest BCUT2D eigenvalue weighted by molar-refractivity contribution is -0.118. The number of hydrogen-bond acceptors (Lipinski definition) is 4. The SMILES string of the molecule is CC1(C)CC(=O)C2=C(C1)NC1=C(C(=O)c3ccccc31)[C@@H]2c1cccc(Oc2ccccc2)c1. The molecule has 0 aromatic heterocycles. The summed E-state index contributed by atoms with van der Waals surface area (Å²) in [5.41, 5.74) is 5.50. The van der Waals surface area contributed by atoms with Crippen LogP contribution in [0.25, 0.3) is 5.70 Å². The van der Waals surface area contributed by atoms with Crippen LogP contribution in [0.1, 0.15) is 54.1 Å². The van der Waals surface area contributed by atoms with E-state index < -0.39 is 5.92 Å². The highest BCUT2D eigenvalue weighted by atomic mass is 16.5. The molecule has 0 amide bonds. The maximum atomic E-state index is 13.6. The number of benzene rings is 3. The fraction of sp³-hybridized carbons (Fsp3) is 0.200. The Morgan fingerprint density at radius 3 is 2.29 bits per heavy atom. The van der Waals surface area contributed by atoms with Crippen molar-refractivity contribution in [3.63, 3.8) is 0 Å². The molecule has 0 radical (unpaired) electrons. The number of ether oxygens (including phenoxy) is 1. The van der Waals surface area contributed by atoms with Crippen molar-refractivity contribution in [2.24, 2.45) is 5.41 Å². The maximum Gasteiger partial charge on any atom is 0.192 e. The Kier molecular flexibility index (Phi) is 4.59. The number of carbonyl (C=O) groups is 2. The molecule has 34 heavy (non-hydrogen) atoms. The normalized spacial score (nSPS) is 20.5. The largest absolute Gasteiger partial charge is 0.457 e. The van der Waals surface area contributed by atoms with E-state index in [1.54, 1.807) is 0 Å². The van der Waals surface area contributed by atoms with Crippen molar-refractivity contribution >= 4 is 17.3 Å². The third-order valence-corrected chi connectivity index (χ3v) is 6.90. The molecule has 0 spiro atoms. The van der Waals surface area contributed by atoms with Crippen molar-refractivity contribution in [1.82, 2.24) is 5.32 Å². The summed E-state index contributed by atoms with van der Waals surface area (Å²) in [6.45, 7) is 4.24. The number of rotatable bonds is 3. The van der Waals surface area contributed by atoms with Crippen molar-refractivity contribution in [3.05, 3.63) is 112 Å². The van der Waals surface area contributed by atoms with Crippen LogP contribution < -0.4 is 10.1 Å². The summed E-state index contributed by atoms with van der Waals surface area (Å²) in [7, 11) is 0. The Hall–Kier alpha value is -3.92. The van der Waals surface area contributed by atoms with Gasteiger partial charge in [-0.2, -0.15) is 0 Å². The highest BCUT2D eigenvalue weighted by molar-refractivity contribution is 6.23. The molecule has 1 N–H and O–H groups in total. The van der Waals surface area contributed by atoms with Gasteiger partial charge < -0.3 is 10.1 Å². The van der Waals surface area contributed by atoms with Crippen molar-refractivity contribution in [2.75, 3.05) is 0 Å². The fourth-order valence-corrected chi connectivity index (χ4v) is 5.50. The van der Waals surface area contributed by atoms with E-state index >= 15 is 0 Å². The Balaban J connectivity index is 1.50. The molecule has 1 aliphatic heterocycles. The van der Waals surface area contributed by atoms with Gasteiger partial charge in [-0.05, 0) is 41.7 Å². The van der Waals surface area contributed by atoms with Gasteiger partial charge >= 0.3 is 0 Å². The molecule has 3 aromatic rings. The summed E-state index contributed by atoms with van der Waals surface area (Å²) in [6.07, 6.45) is 1.23. The number of hydrogen-bond donors (Lipinski definition) is 1. The molecule has 0 fully saturated rings. The van der Waals surface area contributed by atoms with Gasteiger partial charge in [-0.3, -0.25) is 9.59 Å². The topological polar surface area (TPSA) is 55.4 Å². The molecule has 4 heteroatoms. The molecular formula is C30H25NO3. The minimum atomic E-state index is -0.422. The second kappa shape index (κ2) is 7.56. The fourth-order valence-electron chi connectivity index (χ4n) is 5.50. The second-order valence-electron chi connectivity index (χ2n) is 10.0. The molecule has 4 nitrogen and oxygen atoms in total. The molecule has 3 aromatic carbocycles. The van der Waals surface area contributed by atoms with E-state index in [0.29, 0.717) is 23.3 Å². The Labute approximate surface area is 199 Å². The molecule has 2 aliphatic carbocycles. The Morgan fingerprint density at radius 1 is 0.794 bits per heavy atom. The molecule has 6 rings (SSSR count). The van der Waals surface area contributed by atoms with Crippen LogP contribution in [0.15, 0.2) is 95.7 Å². The van der Waals surface area contributed by atoms with Gasteiger partial charge in [-0.25, -0.2) is 0 Å². The molecule has 0 saturated heterocycles. The van der Waals surface area contributed by atoms with Crippen molar-refractivity contribution < 1.29 is 14.3 Å². The molecule has 1 atom stereocenters. The number of fused-ring (bicyclic) bond motifs is 2. The molecular weight excluding hydrogens is 422 g/mol. The van der Waals surface area contributed by atoms with Crippen LogP contribution in [0.4, 0.5) is 0 Å². The molecule has 3 aliphatic rings. The summed E-state index contributed by atoms with van der Waals surface area (Å²) in [5, 5.41) is 3.53. The number of allylic oxidation sites excluding steroid dienone is 3. The predicted molar refractivity (Wildman–Crippen MR) is 132 cm³/mol. The van der Waals surface area contributed by atoms with Crippen molar-refractivity contribution in [1.29, 1.82) is 0 Å². The monoisotopic (exact) mass is 447 g/mol. The van der Waals surface area contributed by atoms with E-state index in [4.69, 9.17) is 4.74 Å². The summed E-state index contributed by atoms with van der Waals surface area (Å²) in [5.74, 6) is 1.09. The quantitative estimate of drug-likeness (QED) is 0.504. The number of carbonyl (C=O) groups excluding carboxylic acids is 2. The van der Waals surface area contributed by atoms with E-state index in [1.165, 1.54) is 0 Å². The van der Waals surface area contributed by atoms with Crippen molar-refractivity contribution in [3.8, 4) is 11.5 Å². The van der Waals surface area contributed by atoms with Gasteiger partial charge in [0, 0.05) is 40.3 Å². The summed E-state index contributed by atoms with van der Waals surface area (Å²) in [4.78, 5) is 27.1. The van der Waals surface area contributed by atoms with Crippen LogP contribution in [-0.4, -0.2) is 11.6 Å². The molecule has 1 heterocycles. The van der Waals surface area contributed by atoms with Gasteiger partial charge in [0.1, 0.15) is 11.5 Å². The van der Waals surface area contributed by atoms with Crippen LogP contribution in [0.5, 0.6) is 11.5 Å². The van der Waals surface area contributed by atoms with Gasteiger partial charge in [-0.1, -0.05) is 68.4 Å². The summed E-state index contributed by atoms with van der Waals surface area (Å²) >= 11 is 0. The first kappa shape index (κ1) is 20.7. The van der Waals surface area contributed by atoms with Crippen LogP contribution in [0, 0.1) is 5.41 Å². The first-order valence-electron chi connectivity index (χ1n) is 11.7. The molecule has 168 valence electrons. The number of para-hydroxylation sites is 1. The van der Waals surface area contributed by atoms with E-state index in [9.17, 15) is 9.59 Å². The number of Topliss-reactive ketones (excluding diaryl/α,β-unsaturated/α-hetero) is 2. The standard InChI is InChI=1S/C30H25NO3/c1-30(2)16-23-26(24(32)17-30)25(27-28(31-23)21-13-6-7-14-22(21)29(27)33)18-9-8-12-20(15-18)34-19-10-4-3-5-11-19/h3-15,25,31H,16-17H2,1-2H3/t25-/m1/s1. The highest BCUT2D eigenvalue weighted by Gasteiger charge is 2.46. The van der Waals surface area contributed by atoms with Crippen LogP contribution in [0.2, 0.25) is 0 Å². The third-order valence-electron chi connectivity index (χ3n) is 6.90. The maximum absolute atomic E-state index is 13.6. The van der Waals surface area contributed by atoms with Gasteiger partial charge in [0.15, 0.2) is 11.6 Å². The highest BCUT2D eigenvalue weighted by Crippen LogP contribution is 2.51. The lowest BCUT2D eigenvalue weighted by Gasteiger charge is -2.39.